The van der Waals surface area contributed by atoms with Crippen molar-refractivity contribution in [2.24, 2.45) is 0 Å². The Morgan fingerprint density at radius 3 is 2.67 bits per heavy atom. The molecule has 1 aromatic carbocycles. The summed E-state index contributed by atoms with van der Waals surface area (Å²) in [7, 11) is 0. The van der Waals surface area contributed by atoms with Gasteiger partial charge in [-0.05, 0) is 56.0 Å². The highest BCUT2D eigenvalue weighted by atomic mass is 32.2. The first-order valence-electron chi connectivity index (χ1n) is 10.2. The lowest BCUT2D eigenvalue weighted by Crippen LogP contribution is -2.44. The number of thioether (sulfide) groups is 1. The predicted octanol–water partition coefficient (Wildman–Crippen LogP) is 4.02. The van der Waals surface area contributed by atoms with E-state index in [1.165, 1.54) is 11.8 Å². The SMILES string of the molecule is Cc1cc(C)c(C#N)c(SCC(=O)NC2(c3ccc4c(c3)OCCO4)CCCC2)n1. The average molecular weight is 424 g/mol. The molecule has 30 heavy (non-hydrogen) atoms. The minimum Gasteiger partial charge on any atom is -0.486 e. The smallest absolute Gasteiger partial charge is 0.231 e. The van der Waals surface area contributed by atoms with E-state index in [1.807, 2.05) is 38.1 Å². The van der Waals surface area contributed by atoms with E-state index in [2.05, 4.69) is 16.4 Å². The van der Waals surface area contributed by atoms with Crippen molar-refractivity contribution < 1.29 is 14.3 Å². The van der Waals surface area contributed by atoms with Crippen molar-refractivity contribution in [1.29, 1.82) is 5.26 Å². The minimum absolute atomic E-state index is 0.0540. The van der Waals surface area contributed by atoms with Gasteiger partial charge in [0.25, 0.3) is 0 Å². The number of nitrogens with zero attached hydrogens (tertiary/aromatic N) is 2. The predicted molar refractivity (Wildman–Crippen MR) is 115 cm³/mol. The van der Waals surface area contributed by atoms with Crippen LogP contribution in [0, 0.1) is 25.2 Å². The van der Waals surface area contributed by atoms with Crippen LogP contribution in [0.3, 0.4) is 0 Å². The van der Waals surface area contributed by atoms with Gasteiger partial charge < -0.3 is 14.8 Å². The Hall–Kier alpha value is -2.72. The van der Waals surface area contributed by atoms with E-state index in [0.717, 1.165) is 54.0 Å². The third kappa shape index (κ3) is 4.10. The zero-order valence-corrected chi connectivity index (χ0v) is 18.1. The molecule has 1 aromatic heterocycles. The van der Waals surface area contributed by atoms with Gasteiger partial charge in [0.15, 0.2) is 11.5 Å². The molecule has 1 saturated carbocycles. The van der Waals surface area contributed by atoms with Crippen molar-refractivity contribution in [3.05, 3.63) is 46.6 Å². The second-order valence-corrected chi connectivity index (χ2v) is 8.82. The van der Waals surface area contributed by atoms with Crippen molar-refractivity contribution in [2.75, 3.05) is 19.0 Å². The number of hydrogen-bond donors (Lipinski definition) is 1. The number of fused-ring (bicyclic) bond motifs is 1. The van der Waals surface area contributed by atoms with E-state index >= 15 is 0 Å². The van der Waals surface area contributed by atoms with Gasteiger partial charge in [0.05, 0.1) is 16.9 Å². The Kier molecular flexibility index (Phi) is 5.87. The number of nitriles is 1. The first kappa shape index (κ1) is 20.5. The fourth-order valence-corrected chi connectivity index (χ4v) is 5.18. The van der Waals surface area contributed by atoms with Crippen molar-refractivity contribution in [1.82, 2.24) is 10.3 Å². The van der Waals surface area contributed by atoms with Crippen LogP contribution in [-0.4, -0.2) is 29.9 Å². The topological polar surface area (TPSA) is 84.2 Å². The van der Waals surface area contributed by atoms with Crippen LogP contribution in [0.25, 0.3) is 0 Å². The molecule has 0 bridgehead atoms. The third-order valence-corrected chi connectivity index (χ3v) is 6.67. The zero-order chi connectivity index (χ0) is 21.1. The highest BCUT2D eigenvalue weighted by Gasteiger charge is 2.37. The molecular weight excluding hydrogens is 398 g/mol. The summed E-state index contributed by atoms with van der Waals surface area (Å²) in [6.07, 6.45) is 3.93. The molecule has 2 aliphatic rings. The monoisotopic (exact) mass is 423 g/mol. The minimum atomic E-state index is -0.387. The lowest BCUT2D eigenvalue weighted by Gasteiger charge is -2.32. The number of aromatic nitrogens is 1. The van der Waals surface area contributed by atoms with Crippen LogP contribution < -0.4 is 14.8 Å². The summed E-state index contributed by atoms with van der Waals surface area (Å²) in [6, 6.07) is 10.1. The number of amides is 1. The third-order valence-electron chi connectivity index (χ3n) is 5.69. The maximum Gasteiger partial charge on any atom is 0.231 e. The number of hydrogen-bond acceptors (Lipinski definition) is 6. The van der Waals surface area contributed by atoms with E-state index < -0.39 is 0 Å². The highest BCUT2D eigenvalue weighted by Crippen LogP contribution is 2.42. The van der Waals surface area contributed by atoms with Crippen molar-refractivity contribution in [3.63, 3.8) is 0 Å². The van der Waals surface area contributed by atoms with Crippen LogP contribution >= 0.6 is 11.8 Å². The summed E-state index contributed by atoms with van der Waals surface area (Å²) in [5, 5.41) is 13.3. The van der Waals surface area contributed by atoms with Crippen LogP contribution in [0.15, 0.2) is 29.3 Å². The molecule has 0 unspecified atom stereocenters. The molecule has 1 amide bonds. The van der Waals surface area contributed by atoms with E-state index in [0.29, 0.717) is 23.8 Å². The van der Waals surface area contributed by atoms with Crippen LogP contribution in [-0.2, 0) is 10.3 Å². The molecular formula is C23H25N3O3S. The standard InChI is InChI=1S/C23H25N3O3S/c1-15-11-16(2)25-22(18(15)13-24)30-14-21(27)26-23(7-3-4-8-23)17-5-6-19-20(12-17)29-10-9-28-19/h5-6,11-12H,3-4,7-10,14H2,1-2H3,(H,26,27). The quantitative estimate of drug-likeness (QED) is 0.732. The molecule has 4 rings (SSSR count). The number of carbonyl (C=O) groups is 1. The van der Waals surface area contributed by atoms with Gasteiger partial charge in [0.1, 0.15) is 24.3 Å². The molecule has 1 N–H and O–H groups in total. The molecule has 1 aliphatic heterocycles. The van der Waals surface area contributed by atoms with E-state index in [4.69, 9.17) is 9.47 Å². The van der Waals surface area contributed by atoms with Gasteiger partial charge in [-0.3, -0.25) is 4.79 Å². The molecule has 156 valence electrons. The summed E-state index contributed by atoms with van der Waals surface area (Å²) in [5.41, 5.74) is 2.95. The van der Waals surface area contributed by atoms with Crippen molar-refractivity contribution >= 4 is 17.7 Å². The molecule has 2 aromatic rings. The first-order valence-corrected chi connectivity index (χ1v) is 11.2. The van der Waals surface area contributed by atoms with Gasteiger partial charge in [-0.15, -0.1) is 0 Å². The van der Waals surface area contributed by atoms with Gasteiger partial charge in [-0.1, -0.05) is 30.7 Å². The number of benzene rings is 1. The Bertz CT molecular complexity index is 1010. The van der Waals surface area contributed by atoms with Gasteiger partial charge in [-0.25, -0.2) is 4.98 Å². The average Bonchev–Trinajstić information content (AvgIpc) is 3.21. The molecule has 7 heteroatoms. The largest absolute Gasteiger partial charge is 0.486 e. The maximum atomic E-state index is 12.9. The van der Waals surface area contributed by atoms with E-state index in [9.17, 15) is 10.1 Å². The van der Waals surface area contributed by atoms with Crippen LogP contribution in [0.5, 0.6) is 11.5 Å². The summed E-state index contributed by atoms with van der Waals surface area (Å²) in [6.45, 7) is 4.89. The number of aryl methyl sites for hydroxylation is 2. The number of pyridine rings is 1. The van der Waals surface area contributed by atoms with Crippen molar-refractivity contribution in [3.8, 4) is 17.6 Å². The van der Waals surface area contributed by atoms with Gasteiger partial charge in [0.2, 0.25) is 5.91 Å². The van der Waals surface area contributed by atoms with Gasteiger partial charge in [-0.2, -0.15) is 5.26 Å². The van der Waals surface area contributed by atoms with Gasteiger partial charge >= 0.3 is 0 Å². The fraction of sp³-hybridized carbons (Fsp3) is 0.435. The molecule has 0 spiro atoms. The lowest BCUT2D eigenvalue weighted by atomic mass is 9.87. The number of nitrogens with one attached hydrogen (secondary N) is 1. The van der Waals surface area contributed by atoms with Crippen LogP contribution in [0.4, 0.5) is 0 Å². The Balaban J connectivity index is 1.50. The second-order valence-electron chi connectivity index (χ2n) is 7.86. The Morgan fingerprint density at radius 2 is 1.93 bits per heavy atom. The molecule has 1 aliphatic carbocycles. The summed E-state index contributed by atoms with van der Waals surface area (Å²) in [5.74, 6) is 1.66. The van der Waals surface area contributed by atoms with Crippen LogP contribution in [0.1, 0.15) is 48.1 Å². The first-order chi connectivity index (χ1) is 14.5. The maximum absolute atomic E-state index is 12.9. The zero-order valence-electron chi connectivity index (χ0n) is 17.3. The number of carbonyl (C=O) groups excluding carboxylic acids is 1. The highest BCUT2D eigenvalue weighted by molar-refractivity contribution is 8.00. The van der Waals surface area contributed by atoms with E-state index in [-0.39, 0.29) is 17.2 Å². The fourth-order valence-electron chi connectivity index (χ4n) is 4.29. The lowest BCUT2D eigenvalue weighted by molar-refractivity contribution is -0.120. The second kappa shape index (κ2) is 8.57. The molecule has 0 atom stereocenters. The van der Waals surface area contributed by atoms with Crippen LogP contribution in [0.2, 0.25) is 0 Å². The summed E-state index contributed by atoms with van der Waals surface area (Å²) < 4.78 is 11.4. The molecule has 1 fully saturated rings. The molecule has 0 radical (unpaired) electrons. The number of rotatable bonds is 5. The molecule has 0 saturated heterocycles. The van der Waals surface area contributed by atoms with E-state index in [1.54, 1.807) is 0 Å². The summed E-state index contributed by atoms with van der Waals surface area (Å²) >= 11 is 1.32. The molecule has 2 heterocycles. The normalized spacial score (nSPS) is 16.7. The summed E-state index contributed by atoms with van der Waals surface area (Å²) in [4.78, 5) is 17.4. The molecule has 6 nitrogen and oxygen atoms in total. The van der Waals surface area contributed by atoms with Gasteiger partial charge in [0, 0.05) is 5.69 Å². The number of ether oxygens (including phenoxy) is 2. The van der Waals surface area contributed by atoms with Crippen molar-refractivity contribution in [2.45, 2.75) is 50.1 Å². The Morgan fingerprint density at radius 1 is 1.20 bits per heavy atom. The Labute approximate surface area is 181 Å².